The summed E-state index contributed by atoms with van der Waals surface area (Å²) in [5, 5.41) is 8.96. The van der Waals surface area contributed by atoms with Crippen LogP contribution in [0.5, 0.6) is 0 Å². The zero-order valence-electron chi connectivity index (χ0n) is 16.3. The molecular formula is C19H32N6. The molecular weight excluding hydrogens is 312 g/mol. The fraction of sp³-hybridized carbons (Fsp3) is 0.737. The van der Waals surface area contributed by atoms with Gasteiger partial charge in [0.05, 0.1) is 11.6 Å². The first-order valence-corrected chi connectivity index (χ1v) is 9.66. The van der Waals surface area contributed by atoms with Crippen LogP contribution in [0.25, 0.3) is 11.0 Å². The maximum absolute atomic E-state index is 4.89. The van der Waals surface area contributed by atoms with Crippen LogP contribution in [0, 0.1) is 0 Å². The molecule has 0 unspecified atom stereocenters. The molecule has 0 bridgehead atoms. The smallest absolute Gasteiger partial charge is 0.163 e. The first kappa shape index (κ1) is 18.1. The largest absolute Gasteiger partial charge is 0.368 e. The van der Waals surface area contributed by atoms with Crippen molar-refractivity contribution in [3.63, 3.8) is 0 Å². The summed E-state index contributed by atoms with van der Waals surface area (Å²) in [5.74, 6) is 2.43. The van der Waals surface area contributed by atoms with E-state index in [1.807, 2.05) is 17.9 Å². The molecule has 1 fully saturated rings. The fourth-order valence-electron chi connectivity index (χ4n) is 3.96. The van der Waals surface area contributed by atoms with E-state index in [2.05, 4.69) is 43.0 Å². The van der Waals surface area contributed by atoms with Gasteiger partial charge in [-0.2, -0.15) is 5.10 Å². The van der Waals surface area contributed by atoms with E-state index in [4.69, 9.17) is 9.97 Å². The second-order valence-corrected chi connectivity index (χ2v) is 7.77. The third-order valence-corrected chi connectivity index (χ3v) is 5.32. The summed E-state index contributed by atoms with van der Waals surface area (Å²) >= 11 is 0. The van der Waals surface area contributed by atoms with Crippen LogP contribution in [-0.4, -0.2) is 49.8 Å². The Labute approximate surface area is 151 Å². The van der Waals surface area contributed by atoms with E-state index in [0.29, 0.717) is 18.0 Å². The molecule has 2 aromatic rings. The number of hydrogen-bond donors (Lipinski definition) is 1. The Morgan fingerprint density at radius 2 is 1.84 bits per heavy atom. The molecule has 1 aliphatic rings. The van der Waals surface area contributed by atoms with E-state index in [1.54, 1.807) is 0 Å². The first-order chi connectivity index (χ1) is 12.0. The van der Waals surface area contributed by atoms with Gasteiger partial charge in [-0.05, 0) is 40.5 Å². The molecule has 0 saturated heterocycles. The molecule has 25 heavy (non-hydrogen) atoms. The van der Waals surface area contributed by atoms with Crippen LogP contribution in [-0.2, 0) is 7.05 Å². The monoisotopic (exact) mass is 344 g/mol. The highest BCUT2D eigenvalue weighted by Crippen LogP contribution is 2.34. The van der Waals surface area contributed by atoms with Gasteiger partial charge in [-0.1, -0.05) is 12.8 Å². The standard InChI is InChI=1S/C19H32N6/c1-13(2)25(14(3)4)11-10-20-18-16-12-21-24(5)19(16)23-17(22-18)15-8-6-7-9-15/h12-15H,6-11H2,1-5H3,(H,20,22,23). The SMILES string of the molecule is CC(C)N(CCNc1nc(C2CCCC2)nc2c1cnn2C)C(C)C. The third kappa shape index (κ3) is 3.94. The van der Waals surface area contributed by atoms with Crippen molar-refractivity contribution < 1.29 is 0 Å². The van der Waals surface area contributed by atoms with E-state index in [1.165, 1.54) is 25.7 Å². The van der Waals surface area contributed by atoms with Crippen molar-refractivity contribution in [2.24, 2.45) is 7.05 Å². The van der Waals surface area contributed by atoms with E-state index >= 15 is 0 Å². The Bertz CT molecular complexity index is 691. The summed E-state index contributed by atoms with van der Waals surface area (Å²) in [6.45, 7) is 10.9. The normalized spacial score (nSPS) is 16.0. The van der Waals surface area contributed by atoms with E-state index in [-0.39, 0.29) is 0 Å². The Kier molecular flexibility index (Phi) is 5.57. The zero-order chi connectivity index (χ0) is 18.0. The summed E-state index contributed by atoms with van der Waals surface area (Å²) in [6.07, 6.45) is 6.86. The van der Waals surface area contributed by atoms with Crippen LogP contribution >= 0.6 is 0 Å². The molecule has 0 aliphatic heterocycles. The van der Waals surface area contributed by atoms with Crippen molar-refractivity contribution in [3.05, 3.63) is 12.0 Å². The molecule has 0 amide bonds. The molecule has 1 N–H and O–H groups in total. The number of aromatic nitrogens is 4. The molecule has 6 nitrogen and oxygen atoms in total. The third-order valence-electron chi connectivity index (χ3n) is 5.32. The molecule has 1 saturated carbocycles. The van der Waals surface area contributed by atoms with Gasteiger partial charge in [0.15, 0.2) is 5.65 Å². The number of nitrogens with zero attached hydrogens (tertiary/aromatic N) is 5. The summed E-state index contributed by atoms with van der Waals surface area (Å²) in [4.78, 5) is 12.2. The topological polar surface area (TPSA) is 58.9 Å². The highest BCUT2D eigenvalue weighted by atomic mass is 15.3. The second kappa shape index (κ2) is 7.68. The minimum atomic E-state index is 0.502. The number of anilines is 1. The lowest BCUT2D eigenvalue weighted by molar-refractivity contribution is 0.182. The average Bonchev–Trinajstić information content (AvgIpc) is 3.21. The molecule has 2 heterocycles. The maximum atomic E-state index is 4.89. The highest BCUT2D eigenvalue weighted by Gasteiger charge is 2.22. The van der Waals surface area contributed by atoms with E-state index < -0.39 is 0 Å². The van der Waals surface area contributed by atoms with Crippen molar-refractivity contribution in [2.45, 2.75) is 71.4 Å². The molecule has 0 atom stereocenters. The number of nitrogens with one attached hydrogen (secondary N) is 1. The molecule has 0 radical (unpaired) electrons. The predicted molar refractivity (Wildman–Crippen MR) is 103 cm³/mol. The van der Waals surface area contributed by atoms with Gasteiger partial charge in [0.25, 0.3) is 0 Å². The van der Waals surface area contributed by atoms with Crippen molar-refractivity contribution in [2.75, 3.05) is 18.4 Å². The van der Waals surface area contributed by atoms with Crippen LogP contribution in [0.2, 0.25) is 0 Å². The number of hydrogen-bond acceptors (Lipinski definition) is 5. The van der Waals surface area contributed by atoms with Crippen molar-refractivity contribution in [3.8, 4) is 0 Å². The number of fused-ring (bicyclic) bond motifs is 1. The highest BCUT2D eigenvalue weighted by molar-refractivity contribution is 5.86. The van der Waals surface area contributed by atoms with Gasteiger partial charge < -0.3 is 5.32 Å². The number of aryl methyl sites for hydroxylation is 1. The zero-order valence-corrected chi connectivity index (χ0v) is 16.3. The summed E-state index contributed by atoms with van der Waals surface area (Å²) < 4.78 is 1.86. The van der Waals surface area contributed by atoms with Crippen molar-refractivity contribution in [1.29, 1.82) is 0 Å². The lowest BCUT2D eigenvalue weighted by Gasteiger charge is -2.30. The molecule has 138 valence electrons. The molecule has 0 spiro atoms. The van der Waals surface area contributed by atoms with Gasteiger partial charge in [0.2, 0.25) is 0 Å². The quantitative estimate of drug-likeness (QED) is 0.832. The van der Waals surface area contributed by atoms with Crippen LogP contribution in [0.4, 0.5) is 5.82 Å². The molecule has 3 rings (SSSR count). The lowest BCUT2D eigenvalue weighted by Crippen LogP contribution is -2.40. The van der Waals surface area contributed by atoms with Gasteiger partial charge >= 0.3 is 0 Å². The lowest BCUT2D eigenvalue weighted by atomic mass is 10.1. The Hall–Kier alpha value is -1.69. The Morgan fingerprint density at radius 1 is 1.16 bits per heavy atom. The predicted octanol–water partition coefficient (Wildman–Crippen LogP) is 3.55. The van der Waals surface area contributed by atoms with Gasteiger partial charge in [-0.15, -0.1) is 0 Å². The molecule has 1 aliphatic carbocycles. The first-order valence-electron chi connectivity index (χ1n) is 9.66. The number of rotatable bonds is 7. The summed E-state index contributed by atoms with van der Waals surface area (Å²) in [7, 11) is 1.96. The Balaban J connectivity index is 1.79. The van der Waals surface area contributed by atoms with Gasteiger partial charge in [0.1, 0.15) is 11.6 Å². The molecule has 6 heteroatoms. The summed E-state index contributed by atoms with van der Waals surface area (Å²) in [5.41, 5.74) is 0.934. The van der Waals surface area contributed by atoms with Crippen LogP contribution in [0.3, 0.4) is 0 Å². The minimum absolute atomic E-state index is 0.502. The fourth-order valence-corrected chi connectivity index (χ4v) is 3.96. The maximum Gasteiger partial charge on any atom is 0.163 e. The van der Waals surface area contributed by atoms with E-state index in [9.17, 15) is 0 Å². The molecule has 2 aromatic heterocycles. The van der Waals surface area contributed by atoms with Crippen LogP contribution in [0.1, 0.15) is 65.1 Å². The van der Waals surface area contributed by atoms with Crippen LogP contribution in [0.15, 0.2) is 6.20 Å². The van der Waals surface area contributed by atoms with Gasteiger partial charge in [-0.25, -0.2) is 9.97 Å². The van der Waals surface area contributed by atoms with Crippen molar-refractivity contribution in [1.82, 2.24) is 24.6 Å². The van der Waals surface area contributed by atoms with Gasteiger partial charge in [-0.3, -0.25) is 9.58 Å². The Morgan fingerprint density at radius 3 is 2.48 bits per heavy atom. The van der Waals surface area contributed by atoms with Crippen molar-refractivity contribution >= 4 is 16.9 Å². The second-order valence-electron chi connectivity index (χ2n) is 7.77. The minimum Gasteiger partial charge on any atom is -0.368 e. The van der Waals surface area contributed by atoms with Crippen LogP contribution < -0.4 is 5.32 Å². The van der Waals surface area contributed by atoms with Gasteiger partial charge in [0, 0.05) is 38.1 Å². The van der Waals surface area contributed by atoms with E-state index in [0.717, 1.165) is 35.8 Å². The summed E-state index contributed by atoms with van der Waals surface area (Å²) in [6, 6.07) is 1.08. The molecule has 0 aromatic carbocycles. The average molecular weight is 345 g/mol.